The fourth-order valence-corrected chi connectivity index (χ4v) is 3.40. The van der Waals surface area contributed by atoms with E-state index in [2.05, 4.69) is 38.1 Å². The second-order valence-electron chi connectivity index (χ2n) is 8.02. The third kappa shape index (κ3) is 4.81. The van der Waals surface area contributed by atoms with Crippen LogP contribution < -0.4 is 20.9 Å². The Bertz CT molecular complexity index is 1150. The van der Waals surface area contributed by atoms with E-state index in [0.29, 0.717) is 11.4 Å². The molecule has 0 aliphatic carbocycles. The molecule has 0 bridgehead atoms. The van der Waals surface area contributed by atoms with Gasteiger partial charge < -0.3 is 20.9 Å². The average molecular weight is 411 g/mol. The molecular formula is C27H26N2O2. The maximum Gasteiger partial charge on any atom is 0.127 e. The fourth-order valence-electron chi connectivity index (χ4n) is 3.40. The van der Waals surface area contributed by atoms with E-state index in [0.717, 1.165) is 28.6 Å². The molecule has 4 aromatic rings. The lowest BCUT2D eigenvalue weighted by molar-refractivity contribution is 0.479. The predicted molar refractivity (Wildman–Crippen MR) is 127 cm³/mol. The van der Waals surface area contributed by atoms with E-state index in [4.69, 9.17) is 20.9 Å². The number of benzene rings is 4. The monoisotopic (exact) mass is 410 g/mol. The lowest BCUT2D eigenvalue weighted by atomic mass is 9.78. The Labute approximate surface area is 183 Å². The van der Waals surface area contributed by atoms with Crippen molar-refractivity contribution in [2.24, 2.45) is 0 Å². The molecule has 4 nitrogen and oxygen atoms in total. The van der Waals surface area contributed by atoms with Gasteiger partial charge in [-0.3, -0.25) is 0 Å². The molecule has 0 amide bonds. The molecule has 31 heavy (non-hydrogen) atoms. The highest BCUT2D eigenvalue weighted by Crippen LogP contribution is 2.35. The van der Waals surface area contributed by atoms with Crippen LogP contribution in [0.1, 0.15) is 25.0 Å². The number of hydrogen-bond donors (Lipinski definition) is 2. The van der Waals surface area contributed by atoms with Crippen LogP contribution in [0.5, 0.6) is 23.0 Å². The van der Waals surface area contributed by atoms with E-state index in [-0.39, 0.29) is 5.41 Å². The second-order valence-corrected chi connectivity index (χ2v) is 8.02. The summed E-state index contributed by atoms with van der Waals surface area (Å²) in [6, 6.07) is 31.1. The van der Waals surface area contributed by atoms with Gasteiger partial charge in [0.25, 0.3) is 0 Å². The van der Waals surface area contributed by atoms with E-state index in [9.17, 15) is 0 Å². The van der Waals surface area contributed by atoms with Crippen LogP contribution in [0.3, 0.4) is 0 Å². The van der Waals surface area contributed by atoms with Crippen molar-refractivity contribution in [3.8, 4) is 23.0 Å². The maximum atomic E-state index is 6.01. The summed E-state index contributed by atoms with van der Waals surface area (Å²) in [4.78, 5) is 0. The number of nitrogens with two attached hydrogens (primary N) is 2. The number of ether oxygens (including phenoxy) is 2. The highest BCUT2D eigenvalue weighted by Gasteiger charge is 2.23. The summed E-state index contributed by atoms with van der Waals surface area (Å²) in [6.07, 6.45) is 0. The molecule has 0 aliphatic heterocycles. The van der Waals surface area contributed by atoms with Crippen molar-refractivity contribution in [2.45, 2.75) is 19.3 Å². The van der Waals surface area contributed by atoms with Crippen molar-refractivity contribution in [3.63, 3.8) is 0 Å². The second kappa shape index (κ2) is 8.44. The zero-order valence-corrected chi connectivity index (χ0v) is 17.7. The first-order chi connectivity index (χ1) is 14.9. The van der Waals surface area contributed by atoms with Crippen LogP contribution in [0.25, 0.3) is 0 Å². The number of rotatable bonds is 6. The zero-order valence-electron chi connectivity index (χ0n) is 17.7. The molecule has 0 fully saturated rings. The molecule has 4 heteroatoms. The first-order valence-electron chi connectivity index (χ1n) is 10.2. The normalized spacial score (nSPS) is 11.2. The molecule has 0 radical (unpaired) electrons. The van der Waals surface area contributed by atoms with Gasteiger partial charge in [-0.2, -0.15) is 0 Å². The van der Waals surface area contributed by atoms with Crippen molar-refractivity contribution in [2.75, 3.05) is 11.5 Å². The Morgan fingerprint density at radius 3 is 1.48 bits per heavy atom. The van der Waals surface area contributed by atoms with Gasteiger partial charge in [0.05, 0.1) is 0 Å². The largest absolute Gasteiger partial charge is 0.457 e. The van der Waals surface area contributed by atoms with Gasteiger partial charge in [0.1, 0.15) is 23.0 Å². The zero-order chi connectivity index (χ0) is 21.8. The molecule has 156 valence electrons. The topological polar surface area (TPSA) is 70.5 Å². The van der Waals surface area contributed by atoms with E-state index in [1.807, 2.05) is 72.8 Å². The van der Waals surface area contributed by atoms with E-state index in [1.54, 1.807) is 0 Å². The fraction of sp³-hybridized carbons (Fsp3) is 0.111. The molecule has 0 saturated heterocycles. The van der Waals surface area contributed by atoms with E-state index in [1.165, 1.54) is 5.56 Å². The number of hydrogen-bond acceptors (Lipinski definition) is 4. The van der Waals surface area contributed by atoms with Gasteiger partial charge in [-0.05, 0) is 83.9 Å². The Kier molecular flexibility index (Phi) is 5.54. The first-order valence-corrected chi connectivity index (χ1v) is 10.2. The van der Waals surface area contributed by atoms with Crippen molar-refractivity contribution in [1.29, 1.82) is 0 Å². The Balaban J connectivity index is 1.52. The summed E-state index contributed by atoms with van der Waals surface area (Å²) in [6.45, 7) is 4.40. The third-order valence-corrected chi connectivity index (χ3v) is 5.36. The van der Waals surface area contributed by atoms with Crippen LogP contribution in [0.2, 0.25) is 0 Å². The summed E-state index contributed by atoms with van der Waals surface area (Å²) < 4.78 is 11.9. The van der Waals surface area contributed by atoms with Crippen LogP contribution in [0.15, 0.2) is 97.1 Å². The molecule has 0 aliphatic rings. The van der Waals surface area contributed by atoms with Crippen LogP contribution >= 0.6 is 0 Å². The Morgan fingerprint density at radius 1 is 0.516 bits per heavy atom. The van der Waals surface area contributed by atoms with Crippen molar-refractivity contribution < 1.29 is 9.47 Å². The molecule has 0 saturated carbocycles. The SMILES string of the molecule is CC(C)(c1ccc(Oc2ccc(N)cc2)cc1)c1cccc(Oc2ccc(N)cc2)c1. The molecule has 4 rings (SSSR count). The molecule has 0 atom stereocenters. The molecule has 0 spiro atoms. The minimum atomic E-state index is -0.208. The Morgan fingerprint density at radius 2 is 0.968 bits per heavy atom. The molecule has 4 N–H and O–H groups in total. The summed E-state index contributed by atoms with van der Waals surface area (Å²) >= 11 is 0. The quantitative estimate of drug-likeness (QED) is 0.344. The lowest BCUT2D eigenvalue weighted by Crippen LogP contribution is -2.18. The van der Waals surface area contributed by atoms with Gasteiger partial charge >= 0.3 is 0 Å². The number of anilines is 2. The third-order valence-electron chi connectivity index (χ3n) is 5.36. The van der Waals surface area contributed by atoms with Gasteiger partial charge in [-0.1, -0.05) is 38.1 Å². The standard InChI is InChI=1S/C27H26N2O2/c1-27(2,19-6-12-23(13-7-19)30-24-14-8-21(28)9-15-24)20-4-3-5-26(18-20)31-25-16-10-22(29)11-17-25/h3-18H,28-29H2,1-2H3. The summed E-state index contributed by atoms with van der Waals surface area (Å²) in [7, 11) is 0. The van der Waals surface area contributed by atoms with Crippen LogP contribution in [-0.2, 0) is 5.41 Å². The maximum absolute atomic E-state index is 6.01. The molecule has 0 heterocycles. The summed E-state index contributed by atoms with van der Waals surface area (Å²) in [5.74, 6) is 3.09. The smallest absolute Gasteiger partial charge is 0.127 e. The van der Waals surface area contributed by atoms with Gasteiger partial charge in [0.2, 0.25) is 0 Å². The number of nitrogen functional groups attached to an aromatic ring is 2. The van der Waals surface area contributed by atoms with Crippen molar-refractivity contribution >= 4 is 11.4 Å². The summed E-state index contributed by atoms with van der Waals surface area (Å²) in [5, 5.41) is 0. The van der Waals surface area contributed by atoms with Gasteiger partial charge in [0, 0.05) is 16.8 Å². The average Bonchev–Trinajstić information content (AvgIpc) is 2.78. The minimum Gasteiger partial charge on any atom is -0.457 e. The van der Waals surface area contributed by atoms with Crippen molar-refractivity contribution in [3.05, 3.63) is 108 Å². The first kappa shape index (κ1) is 20.4. The van der Waals surface area contributed by atoms with E-state index >= 15 is 0 Å². The molecular weight excluding hydrogens is 384 g/mol. The van der Waals surface area contributed by atoms with E-state index < -0.39 is 0 Å². The van der Waals surface area contributed by atoms with Crippen LogP contribution in [-0.4, -0.2) is 0 Å². The van der Waals surface area contributed by atoms with Gasteiger partial charge in [-0.25, -0.2) is 0 Å². The predicted octanol–water partition coefficient (Wildman–Crippen LogP) is 6.76. The lowest BCUT2D eigenvalue weighted by Gasteiger charge is -2.27. The van der Waals surface area contributed by atoms with Crippen LogP contribution in [0.4, 0.5) is 11.4 Å². The minimum absolute atomic E-state index is 0.208. The van der Waals surface area contributed by atoms with Gasteiger partial charge in [-0.15, -0.1) is 0 Å². The molecule has 0 unspecified atom stereocenters. The molecule has 4 aromatic carbocycles. The Hall–Kier alpha value is -3.92. The summed E-state index contributed by atoms with van der Waals surface area (Å²) in [5.41, 5.74) is 15.1. The van der Waals surface area contributed by atoms with Gasteiger partial charge in [0.15, 0.2) is 0 Å². The molecule has 0 aromatic heterocycles. The highest BCUT2D eigenvalue weighted by molar-refractivity contribution is 5.47. The highest BCUT2D eigenvalue weighted by atomic mass is 16.5. The van der Waals surface area contributed by atoms with Crippen LogP contribution in [0, 0.1) is 0 Å². The van der Waals surface area contributed by atoms with Crippen molar-refractivity contribution in [1.82, 2.24) is 0 Å².